The Balaban J connectivity index is 2.13. The van der Waals surface area contributed by atoms with Gasteiger partial charge in [-0.15, -0.1) is 13.2 Å². The van der Waals surface area contributed by atoms with Crippen molar-refractivity contribution >= 4 is 6.09 Å². The third kappa shape index (κ3) is 4.08. The zero-order valence-corrected chi connectivity index (χ0v) is 13.3. The van der Waals surface area contributed by atoms with Gasteiger partial charge in [-0.25, -0.2) is 9.18 Å². The molecule has 1 aromatic rings. The minimum absolute atomic E-state index is 0.297. The van der Waals surface area contributed by atoms with Crippen LogP contribution in [0.15, 0.2) is 18.2 Å². The zero-order chi connectivity index (χ0) is 18.3. The minimum Gasteiger partial charge on any atom is -0.444 e. The van der Waals surface area contributed by atoms with Gasteiger partial charge in [-0.1, -0.05) is 12.1 Å². The molecule has 0 atom stereocenters. The summed E-state index contributed by atoms with van der Waals surface area (Å²) in [6.45, 7) is 4.39. The van der Waals surface area contributed by atoms with Crippen LogP contribution >= 0.6 is 0 Å². The highest BCUT2D eigenvalue weighted by atomic mass is 19.4. The number of benzene rings is 1. The van der Waals surface area contributed by atoms with E-state index in [4.69, 9.17) is 4.74 Å². The van der Waals surface area contributed by atoms with Gasteiger partial charge < -0.3 is 19.5 Å². The molecule has 1 N–H and O–H groups in total. The second-order valence-electron chi connectivity index (χ2n) is 6.53. The molecule has 1 fully saturated rings. The number of β-amino-alcohol motifs (C(OH)–C–C–N with tert-alkyl or cyclic N) is 1. The molecule has 1 heterocycles. The van der Waals surface area contributed by atoms with E-state index in [2.05, 4.69) is 4.74 Å². The molecular formula is C15H17F4NO4. The largest absolute Gasteiger partial charge is 0.573 e. The number of ether oxygens (including phenoxy) is 2. The van der Waals surface area contributed by atoms with E-state index in [-0.39, 0.29) is 18.7 Å². The molecule has 9 heteroatoms. The zero-order valence-electron chi connectivity index (χ0n) is 13.3. The van der Waals surface area contributed by atoms with Gasteiger partial charge in [-0.05, 0) is 26.8 Å². The molecule has 0 bridgehead atoms. The lowest BCUT2D eigenvalue weighted by Gasteiger charge is -2.46. The number of amides is 1. The van der Waals surface area contributed by atoms with Crippen molar-refractivity contribution in [3.63, 3.8) is 0 Å². The van der Waals surface area contributed by atoms with Crippen LogP contribution in [0.3, 0.4) is 0 Å². The van der Waals surface area contributed by atoms with Crippen LogP contribution in [0.1, 0.15) is 26.3 Å². The van der Waals surface area contributed by atoms with Crippen LogP contribution in [-0.4, -0.2) is 41.2 Å². The fraction of sp³-hybridized carbons (Fsp3) is 0.533. The van der Waals surface area contributed by atoms with Crippen LogP contribution in [0, 0.1) is 5.82 Å². The number of rotatable bonds is 2. The molecule has 0 radical (unpaired) electrons. The Morgan fingerprint density at radius 3 is 2.33 bits per heavy atom. The molecule has 1 aromatic carbocycles. The molecule has 2 rings (SSSR count). The van der Waals surface area contributed by atoms with Crippen LogP contribution in [0.4, 0.5) is 22.4 Å². The van der Waals surface area contributed by atoms with E-state index >= 15 is 0 Å². The highest BCUT2D eigenvalue weighted by Gasteiger charge is 2.48. The van der Waals surface area contributed by atoms with Gasteiger partial charge >= 0.3 is 12.5 Å². The summed E-state index contributed by atoms with van der Waals surface area (Å²) in [5, 5.41) is 10.4. The first-order valence-corrected chi connectivity index (χ1v) is 7.06. The summed E-state index contributed by atoms with van der Waals surface area (Å²) in [7, 11) is 0. The smallest absolute Gasteiger partial charge is 0.444 e. The van der Waals surface area contributed by atoms with Gasteiger partial charge in [-0.3, -0.25) is 0 Å². The van der Waals surface area contributed by atoms with Crippen LogP contribution in [-0.2, 0) is 10.3 Å². The molecule has 0 aliphatic carbocycles. The Hall–Kier alpha value is -2.03. The van der Waals surface area contributed by atoms with Crippen molar-refractivity contribution in [2.24, 2.45) is 0 Å². The number of hydrogen-bond acceptors (Lipinski definition) is 4. The Bertz CT molecular complexity index is 633. The number of likely N-dealkylation sites (tertiary alicyclic amines) is 1. The van der Waals surface area contributed by atoms with E-state index in [0.29, 0.717) is 0 Å². The van der Waals surface area contributed by atoms with Gasteiger partial charge in [0.15, 0.2) is 11.6 Å². The average Bonchev–Trinajstić information content (AvgIpc) is 2.34. The molecule has 0 aromatic heterocycles. The maximum absolute atomic E-state index is 14.2. The third-order valence-corrected chi connectivity index (χ3v) is 3.25. The number of hydrogen-bond donors (Lipinski definition) is 1. The molecule has 24 heavy (non-hydrogen) atoms. The normalized spacial score (nSPS) is 17.2. The van der Waals surface area contributed by atoms with E-state index in [0.717, 1.165) is 23.1 Å². The monoisotopic (exact) mass is 351 g/mol. The van der Waals surface area contributed by atoms with Crippen molar-refractivity contribution < 1.29 is 36.9 Å². The van der Waals surface area contributed by atoms with Gasteiger partial charge in [0, 0.05) is 5.56 Å². The van der Waals surface area contributed by atoms with Crippen molar-refractivity contribution in [2.45, 2.75) is 38.3 Å². The number of aliphatic hydroxyl groups is 1. The summed E-state index contributed by atoms with van der Waals surface area (Å²) >= 11 is 0. The lowest BCUT2D eigenvalue weighted by Crippen LogP contribution is -2.62. The van der Waals surface area contributed by atoms with Crippen LogP contribution in [0.2, 0.25) is 0 Å². The molecule has 134 valence electrons. The predicted molar refractivity (Wildman–Crippen MR) is 74.8 cm³/mol. The fourth-order valence-electron chi connectivity index (χ4n) is 2.28. The maximum Gasteiger partial charge on any atom is 0.573 e. The Morgan fingerprint density at radius 1 is 1.25 bits per heavy atom. The van der Waals surface area contributed by atoms with Crippen molar-refractivity contribution in [2.75, 3.05) is 13.1 Å². The van der Waals surface area contributed by atoms with E-state index in [1.165, 1.54) is 0 Å². The first kappa shape index (κ1) is 18.3. The molecule has 5 nitrogen and oxygen atoms in total. The first-order chi connectivity index (χ1) is 10.8. The van der Waals surface area contributed by atoms with E-state index in [1.54, 1.807) is 20.8 Å². The molecule has 0 unspecified atom stereocenters. The summed E-state index contributed by atoms with van der Waals surface area (Å²) in [5.74, 6) is -2.36. The molecule has 1 saturated heterocycles. The summed E-state index contributed by atoms with van der Waals surface area (Å²) in [4.78, 5) is 13.0. The van der Waals surface area contributed by atoms with E-state index < -0.39 is 35.2 Å². The van der Waals surface area contributed by atoms with E-state index in [9.17, 15) is 27.5 Å². The molecule has 1 aliphatic rings. The Labute approximate surface area is 135 Å². The number of carbonyl (C=O) groups is 1. The van der Waals surface area contributed by atoms with Crippen LogP contribution in [0.5, 0.6) is 5.75 Å². The lowest BCUT2D eigenvalue weighted by molar-refractivity contribution is -0.275. The summed E-state index contributed by atoms with van der Waals surface area (Å²) < 4.78 is 59.6. The standard InChI is InChI=1S/C15H17F4NO4/c1-13(2,3)24-12(21)20-7-14(22,8-20)9-5-4-6-10(11(9)16)23-15(17,18)19/h4-6,22H,7-8H2,1-3H3. The van der Waals surface area contributed by atoms with Gasteiger partial charge in [0.1, 0.15) is 11.2 Å². The predicted octanol–water partition coefficient (Wildman–Crippen LogP) is 3.16. The van der Waals surface area contributed by atoms with Gasteiger partial charge in [-0.2, -0.15) is 0 Å². The maximum atomic E-state index is 14.2. The third-order valence-electron chi connectivity index (χ3n) is 3.25. The second kappa shape index (κ2) is 5.80. The van der Waals surface area contributed by atoms with Gasteiger partial charge in [0.05, 0.1) is 13.1 Å². The van der Waals surface area contributed by atoms with Gasteiger partial charge in [0.25, 0.3) is 0 Å². The molecule has 1 amide bonds. The average molecular weight is 351 g/mol. The number of nitrogens with zero attached hydrogens (tertiary/aromatic N) is 1. The van der Waals surface area contributed by atoms with Crippen LogP contribution < -0.4 is 4.74 Å². The second-order valence-corrected chi connectivity index (χ2v) is 6.53. The van der Waals surface area contributed by atoms with Crippen LogP contribution in [0.25, 0.3) is 0 Å². The highest BCUT2D eigenvalue weighted by molar-refractivity contribution is 5.70. The van der Waals surface area contributed by atoms with Crippen molar-refractivity contribution in [3.05, 3.63) is 29.6 Å². The summed E-state index contributed by atoms with van der Waals surface area (Å²) in [5.41, 5.74) is -2.91. The molecule has 1 aliphatic heterocycles. The minimum atomic E-state index is -5.05. The molecule has 0 spiro atoms. The van der Waals surface area contributed by atoms with Crippen molar-refractivity contribution in [1.29, 1.82) is 0 Å². The highest BCUT2D eigenvalue weighted by Crippen LogP contribution is 2.38. The molecule has 0 saturated carbocycles. The SMILES string of the molecule is CC(C)(C)OC(=O)N1CC(O)(c2cccc(OC(F)(F)F)c2F)C1. The molecular weight excluding hydrogens is 334 g/mol. The fourth-order valence-corrected chi connectivity index (χ4v) is 2.28. The van der Waals surface area contributed by atoms with Crippen molar-refractivity contribution in [3.8, 4) is 5.75 Å². The van der Waals surface area contributed by atoms with E-state index in [1.807, 2.05) is 0 Å². The Morgan fingerprint density at radius 2 is 1.83 bits per heavy atom. The topological polar surface area (TPSA) is 59.0 Å². The first-order valence-electron chi connectivity index (χ1n) is 7.06. The number of carbonyl (C=O) groups excluding carboxylic acids is 1. The van der Waals surface area contributed by atoms with Gasteiger partial charge in [0.2, 0.25) is 0 Å². The summed E-state index contributed by atoms with van der Waals surface area (Å²) in [6.07, 6.45) is -5.75. The van der Waals surface area contributed by atoms with Crippen molar-refractivity contribution in [1.82, 2.24) is 4.90 Å². The number of alkyl halides is 3. The summed E-state index contributed by atoms with van der Waals surface area (Å²) in [6, 6.07) is 3.08. The Kier molecular flexibility index (Phi) is 4.43. The quantitative estimate of drug-likeness (QED) is 0.832. The lowest BCUT2D eigenvalue weighted by atomic mass is 9.86. The number of halogens is 4.